The molecule has 0 bridgehead atoms. The molecule has 3 aromatic rings. The van der Waals surface area contributed by atoms with Crippen molar-refractivity contribution in [1.82, 2.24) is 0 Å². The summed E-state index contributed by atoms with van der Waals surface area (Å²) in [5.74, 6) is 0. The molecule has 0 saturated carbocycles. The quantitative estimate of drug-likeness (QED) is 0.365. The van der Waals surface area contributed by atoms with Crippen molar-refractivity contribution in [3.8, 4) is 22.5 Å². The fourth-order valence-corrected chi connectivity index (χ4v) is 3.62. The van der Waals surface area contributed by atoms with Crippen LogP contribution in [0.1, 0.15) is 17.2 Å². The van der Waals surface area contributed by atoms with Gasteiger partial charge in [0.1, 0.15) is 0 Å². The maximum atomic E-state index is 2.48. The van der Waals surface area contributed by atoms with Gasteiger partial charge >= 0.3 is 0 Å². The van der Waals surface area contributed by atoms with Gasteiger partial charge in [-0.3, -0.25) is 0 Å². The first-order chi connectivity index (χ1) is 9.45. The Kier molecular flexibility index (Phi) is 1.56. The Morgan fingerprint density at radius 1 is 0.579 bits per heavy atom. The van der Waals surface area contributed by atoms with Crippen LogP contribution in [0.3, 0.4) is 0 Å². The van der Waals surface area contributed by atoms with E-state index in [4.69, 9.17) is 0 Å². The van der Waals surface area contributed by atoms with Gasteiger partial charge in [0.05, 0.1) is 11.1 Å². The van der Waals surface area contributed by atoms with Gasteiger partial charge in [-0.15, -0.1) is 0 Å². The second-order valence-corrected chi connectivity index (χ2v) is 5.24. The summed E-state index contributed by atoms with van der Waals surface area (Å²) < 4.78 is 2.48. The molecule has 1 aromatic heterocycles. The van der Waals surface area contributed by atoms with Crippen LogP contribution in [0.2, 0.25) is 0 Å². The Balaban J connectivity index is 1.99. The zero-order valence-electron chi connectivity index (χ0n) is 10.4. The Morgan fingerprint density at radius 3 is 1.68 bits per heavy atom. The maximum absolute atomic E-state index is 2.48. The molecular formula is C18H12N+. The van der Waals surface area contributed by atoms with Crippen molar-refractivity contribution >= 4 is 0 Å². The van der Waals surface area contributed by atoms with Gasteiger partial charge in [0, 0.05) is 23.3 Å². The largest absolute Gasteiger partial charge is 0.214 e. The van der Waals surface area contributed by atoms with Crippen molar-refractivity contribution in [2.75, 3.05) is 0 Å². The third-order valence-corrected chi connectivity index (χ3v) is 4.35. The molecule has 2 aromatic carbocycles. The van der Waals surface area contributed by atoms with Crippen LogP contribution in [0.15, 0.2) is 66.7 Å². The maximum Gasteiger partial charge on any atom is 0.214 e. The molecule has 1 heteroatoms. The lowest BCUT2D eigenvalue weighted by molar-refractivity contribution is -0.672. The normalized spacial score (nSPS) is 14.1. The van der Waals surface area contributed by atoms with Crippen LogP contribution in [0, 0.1) is 0 Å². The van der Waals surface area contributed by atoms with Crippen LogP contribution in [0.5, 0.6) is 0 Å². The molecule has 2 aliphatic rings. The van der Waals surface area contributed by atoms with Crippen molar-refractivity contribution in [3.63, 3.8) is 0 Å². The Labute approximate surface area is 111 Å². The van der Waals surface area contributed by atoms with Crippen molar-refractivity contribution in [2.24, 2.45) is 0 Å². The Morgan fingerprint density at radius 2 is 1.11 bits per heavy atom. The first-order valence-electron chi connectivity index (χ1n) is 6.68. The SMILES string of the molecule is c1ccc2c(c1)-c1cccc3[n+]1C2c1ccccc1-3. The average molecular weight is 242 g/mol. The number of pyridine rings is 1. The molecule has 0 aliphatic carbocycles. The lowest BCUT2D eigenvalue weighted by atomic mass is 9.95. The van der Waals surface area contributed by atoms with Crippen molar-refractivity contribution < 1.29 is 4.57 Å². The Bertz CT molecular complexity index is 767. The second kappa shape index (κ2) is 3.12. The van der Waals surface area contributed by atoms with E-state index >= 15 is 0 Å². The number of hydrogen-bond acceptors (Lipinski definition) is 0. The molecule has 0 atom stereocenters. The summed E-state index contributed by atoms with van der Waals surface area (Å²) in [6, 6.07) is 24.5. The summed E-state index contributed by atoms with van der Waals surface area (Å²) >= 11 is 0. The van der Waals surface area contributed by atoms with E-state index in [1.54, 1.807) is 0 Å². The molecule has 0 spiro atoms. The van der Waals surface area contributed by atoms with E-state index in [-0.39, 0.29) is 0 Å². The first-order valence-corrected chi connectivity index (χ1v) is 6.68. The molecule has 0 saturated heterocycles. The van der Waals surface area contributed by atoms with Gasteiger partial charge in [0.15, 0.2) is 0 Å². The predicted octanol–water partition coefficient (Wildman–Crippen LogP) is 3.57. The highest BCUT2D eigenvalue weighted by atomic mass is 15.1. The molecule has 2 aliphatic heterocycles. The third kappa shape index (κ3) is 1.00. The van der Waals surface area contributed by atoms with Crippen LogP contribution in [0.4, 0.5) is 0 Å². The highest BCUT2D eigenvalue weighted by molar-refractivity contribution is 5.74. The number of nitrogens with zero attached hydrogens (tertiary/aromatic N) is 1. The van der Waals surface area contributed by atoms with Gasteiger partial charge in [0.25, 0.3) is 0 Å². The van der Waals surface area contributed by atoms with E-state index < -0.39 is 0 Å². The van der Waals surface area contributed by atoms with Crippen molar-refractivity contribution in [2.45, 2.75) is 6.04 Å². The van der Waals surface area contributed by atoms with Crippen LogP contribution >= 0.6 is 0 Å². The van der Waals surface area contributed by atoms with Gasteiger partial charge < -0.3 is 0 Å². The summed E-state index contributed by atoms with van der Waals surface area (Å²) in [5.41, 5.74) is 8.30. The molecule has 0 unspecified atom stereocenters. The van der Waals surface area contributed by atoms with E-state index in [1.165, 1.54) is 33.6 Å². The number of hydrogen-bond donors (Lipinski definition) is 0. The van der Waals surface area contributed by atoms with E-state index in [2.05, 4.69) is 71.3 Å². The van der Waals surface area contributed by atoms with Crippen LogP contribution in [0.25, 0.3) is 22.5 Å². The number of rotatable bonds is 0. The topological polar surface area (TPSA) is 3.88 Å². The average Bonchev–Trinajstić information content (AvgIpc) is 2.99. The minimum absolute atomic E-state index is 0.374. The molecule has 88 valence electrons. The van der Waals surface area contributed by atoms with Gasteiger partial charge in [-0.1, -0.05) is 36.4 Å². The van der Waals surface area contributed by atoms with Crippen LogP contribution < -0.4 is 4.57 Å². The van der Waals surface area contributed by atoms with Gasteiger partial charge in [-0.25, -0.2) is 0 Å². The van der Waals surface area contributed by atoms with E-state index in [1.807, 2.05) is 0 Å². The highest BCUT2D eigenvalue weighted by Gasteiger charge is 2.45. The molecule has 0 fully saturated rings. The molecule has 5 rings (SSSR count). The minimum Gasteiger partial charge on any atom is -0.180 e. The monoisotopic (exact) mass is 242 g/mol. The fraction of sp³-hybridized carbons (Fsp3) is 0.0556. The molecule has 0 N–H and O–H groups in total. The molecular weight excluding hydrogens is 230 g/mol. The number of fused-ring (bicyclic) bond motifs is 6. The molecule has 0 amide bonds. The van der Waals surface area contributed by atoms with Crippen molar-refractivity contribution in [1.29, 1.82) is 0 Å². The van der Waals surface area contributed by atoms with Gasteiger partial charge in [0.2, 0.25) is 17.4 Å². The van der Waals surface area contributed by atoms with Crippen LogP contribution in [-0.4, -0.2) is 0 Å². The van der Waals surface area contributed by atoms with E-state index in [0.29, 0.717) is 6.04 Å². The summed E-state index contributed by atoms with van der Waals surface area (Å²) in [5, 5.41) is 0. The Hall–Kier alpha value is -2.41. The summed E-state index contributed by atoms with van der Waals surface area (Å²) in [6.45, 7) is 0. The van der Waals surface area contributed by atoms with Gasteiger partial charge in [-0.2, -0.15) is 4.57 Å². The standard InChI is InChI=1S/C18H12N/c1-3-8-14-12(6-1)16-10-5-11-17-13-7-2-4-9-15(13)18(14)19(16)17/h1-11,18H/q+1. The number of aromatic nitrogens is 1. The smallest absolute Gasteiger partial charge is 0.180 e. The molecule has 19 heavy (non-hydrogen) atoms. The zero-order valence-corrected chi connectivity index (χ0v) is 10.4. The minimum atomic E-state index is 0.374. The van der Waals surface area contributed by atoms with Gasteiger partial charge in [-0.05, 0) is 18.2 Å². The predicted molar refractivity (Wildman–Crippen MR) is 74.8 cm³/mol. The van der Waals surface area contributed by atoms with E-state index in [0.717, 1.165) is 0 Å². The summed E-state index contributed by atoms with van der Waals surface area (Å²) in [4.78, 5) is 0. The van der Waals surface area contributed by atoms with Crippen molar-refractivity contribution in [3.05, 3.63) is 77.9 Å². The lowest BCUT2D eigenvalue weighted by Gasteiger charge is -2.02. The molecule has 0 radical (unpaired) electrons. The second-order valence-electron chi connectivity index (χ2n) is 5.24. The summed E-state index contributed by atoms with van der Waals surface area (Å²) in [7, 11) is 0. The first kappa shape index (κ1) is 9.51. The number of benzene rings is 2. The summed E-state index contributed by atoms with van der Waals surface area (Å²) in [6.07, 6.45) is 0. The highest BCUT2D eigenvalue weighted by Crippen LogP contribution is 2.45. The lowest BCUT2D eigenvalue weighted by Crippen LogP contribution is -2.36. The fourth-order valence-electron chi connectivity index (χ4n) is 3.62. The van der Waals surface area contributed by atoms with Crippen LogP contribution in [-0.2, 0) is 0 Å². The van der Waals surface area contributed by atoms with E-state index in [9.17, 15) is 0 Å². The molecule has 1 nitrogen and oxygen atoms in total. The third-order valence-electron chi connectivity index (χ3n) is 4.35. The molecule has 3 heterocycles. The zero-order chi connectivity index (χ0) is 12.4.